The maximum atomic E-state index is 11.1. The van der Waals surface area contributed by atoms with Crippen molar-refractivity contribution in [2.24, 2.45) is 0 Å². The van der Waals surface area contributed by atoms with Gasteiger partial charge in [-0.2, -0.15) is 0 Å². The third kappa shape index (κ3) is 6.75. The summed E-state index contributed by atoms with van der Waals surface area (Å²) in [6.07, 6.45) is 1.91. The topological polar surface area (TPSA) is 43.4 Å². The van der Waals surface area contributed by atoms with E-state index in [9.17, 15) is 9.59 Å². The molecule has 0 saturated carbocycles. The van der Waals surface area contributed by atoms with Crippen molar-refractivity contribution in [1.82, 2.24) is 0 Å². The molecule has 0 radical (unpaired) electrons. The fourth-order valence-corrected chi connectivity index (χ4v) is 1.34. The number of ether oxygens (including phenoxy) is 1. The number of carbonyl (C=O) groups excluding carboxylic acids is 2. The van der Waals surface area contributed by atoms with Crippen molar-refractivity contribution in [2.75, 3.05) is 6.61 Å². The van der Waals surface area contributed by atoms with Crippen LogP contribution in [0.4, 0.5) is 0 Å². The average Bonchev–Trinajstić information content (AvgIpc) is 2.04. The van der Waals surface area contributed by atoms with Crippen molar-refractivity contribution in [3.8, 4) is 0 Å². The summed E-state index contributed by atoms with van der Waals surface area (Å²) in [4.78, 5) is 21.4. The van der Waals surface area contributed by atoms with Crippen LogP contribution in [0.15, 0.2) is 0 Å². The lowest BCUT2D eigenvalue weighted by Crippen LogP contribution is -2.17. The molecule has 3 nitrogen and oxygen atoms in total. The van der Waals surface area contributed by atoms with Crippen LogP contribution in [0, 0.1) is 0 Å². The number of hydrogen-bond donors (Lipinski definition) is 0. The van der Waals surface area contributed by atoms with Gasteiger partial charge < -0.3 is 9.53 Å². The number of alkyl halides is 1. The molecule has 0 saturated heterocycles. The van der Waals surface area contributed by atoms with E-state index in [2.05, 4.69) is 15.9 Å². The van der Waals surface area contributed by atoms with Gasteiger partial charge in [-0.1, -0.05) is 15.9 Å². The minimum Gasteiger partial charge on any atom is -0.465 e. The Morgan fingerprint density at radius 3 is 2.54 bits per heavy atom. The highest BCUT2D eigenvalue weighted by molar-refractivity contribution is 9.10. The second-order valence-corrected chi connectivity index (χ2v) is 3.92. The van der Waals surface area contributed by atoms with Crippen LogP contribution in [-0.4, -0.2) is 23.2 Å². The van der Waals surface area contributed by atoms with E-state index in [4.69, 9.17) is 4.74 Å². The highest BCUT2D eigenvalue weighted by atomic mass is 79.9. The van der Waals surface area contributed by atoms with E-state index in [1.54, 1.807) is 13.8 Å². The molecule has 0 aromatic heterocycles. The number of rotatable bonds is 6. The predicted octanol–water partition coefficient (Wildman–Crippen LogP) is 2.07. The molecule has 0 bridgehead atoms. The fraction of sp³-hybridized carbons (Fsp3) is 0.778. The van der Waals surface area contributed by atoms with E-state index in [0.29, 0.717) is 19.4 Å². The third-order valence-electron chi connectivity index (χ3n) is 1.53. The Morgan fingerprint density at radius 2 is 2.08 bits per heavy atom. The first-order valence-electron chi connectivity index (χ1n) is 4.38. The van der Waals surface area contributed by atoms with Crippen molar-refractivity contribution in [3.05, 3.63) is 0 Å². The number of hydrogen-bond acceptors (Lipinski definition) is 3. The summed E-state index contributed by atoms with van der Waals surface area (Å²) in [5.74, 6) is -0.0883. The highest BCUT2D eigenvalue weighted by Gasteiger charge is 2.15. The second-order valence-electron chi connectivity index (χ2n) is 2.81. The molecule has 0 fully saturated rings. The summed E-state index contributed by atoms with van der Waals surface area (Å²) in [5.41, 5.74) is 0. The van der Waals surface area contributed by atoms with Gasteiger partial charge >= 0.3 is 5.97 Å². The third-order valence-corrected chi connectivity index (χ3v) is 2.36. The average molecular weight is 251 g/mol. The molecule has 0 heterocycles. The fourth-order valence-electron chi connectivity index (χ4n) is 0.881. The van der Waals surface area contributed by atoms with Crippen LogP contribution in [-0.2, 0) is 14.3 Å². The van der Waals surface area contributed by atoms with Crippen molar-refractivity contribution in [2.45, 2.75) is 37.9 Å². The van der Waals surface area contributed by atoms with E-state index in [1.807, 2.05) is 0 Å². The van der Waals surface area contributed by atoms with Crippen LogP contribution in [0.3, 0.4) is 0 Å². The van der Waals surface area contributed by atoms with Crippen molar-refractivity contribution in [3.63, 3.8) is 0 Å². The molecule has 0 N–H and O–H groups in total. The molecule has 0 aliphatic heterocycles. The van der Waals surface area contributed by atoms with Crippen molar-refractivity contribution in [1.29, 1.82) is 0 Å². The molecule has 4 heteroatoms. The number of esters is 1. The molecule has 1 unspecified atom stereocenters. The first-order chi connectivity index (χ1) is 6.07. The van der Waals surface area contributed by atoms with Gasteiger partial charge in [-0.15, -0.1) is 0 Å². The quantitative estimate of drug-likeness (QED) is 0.536. The van der Waals surface area contributed by atoms with E-state index in [-0.39, 0.29) is 16.6 Å². The molecule has 13 heavy (non-hydrogen) atoms. The molecule has 0 aliphatic carbocycles. The molecular weight excluding hydrogens is 236 g/mol. The van der Waals surface area contributed by atoms with Gasteiger partial charge in [0.15, 0.2) is 0 Å². The number of Topliss-reactive ketones (excluding diaryl/α,β-unsaturated/α-hetero) is 1. The largest absolute Gasteiger partial charge is 0.465 e. The Labute approximate surface area is 87.0 Å². The Bertz CT molecular complexity index is 180. The lowest BCUT2D eigenvalue weighted by molar-refractivity contribution is -0.142. The number of halogens is 1. The predicted molar refractivity (Wildman–Crippen MR) is 53.9 cm³/mol. The van der Waals surface area contributed by atoms with E-state index >= 15 is 0 Å². The summed E-state index contributed by atoms with van der Waals surface area (Å²) >= 11 is 3.21. The lowest BCUT2D eigenvalue weighted by atomic mass is 10.1. The van der Waals surface area contributed by atoms with Crippen LogP contribution in [0.2, 0.25) is 0 Å². The summed E-state index contributed by atoms with van der Waals surface area (Å²) in [5, 5.41) is 0. The van der Waals surface area contributed by atoms with E-state index < -0.39 is 0 Å². The van der Waals surface area contributed by atoms with E-state index in [1.165, 1.54) is 0 Å². The Kier molecular flexibility index (Phi) is 6.86. The second kappa shape index (κ2) is 7.06. The van der Waals surface area contributed by atoms with Crippen molar-refractivity contribution < 1.29 is 14.3 Å². The highest BCUT2D eigenvalue weighted by Crippen LogP contribution is 2.11. The van der Waals surface area contributed by atoms with Gasteiger partial charge in [0.25, 0.3) is 0 Å². The van der Waals surface area contributed by atoms with Crippen LogP contribution >= 0.6 is 15.9 Å². The Hall–Kier alpha value is -0.380. The molecule has 0 aliphatic rings. The molecule has 0 aromatic carbocycles. The number of carbonyl (C=O) groups is 2. The molecular formula is C9H15BrO3. The molecule has 1 atom stereocenters. The zero-order chi connectivity index (χ0) is 10.3. The van der Waals surface area contributed by atoms with Gasteiger partial charge in [0.1, 0.15) is 10.6 Å². The molecule has 76 valence electrons. The zero-order valence-corrected chi connectivity index (χ0v) is 9.59. The first-order valence-corrected chi connectivity index (χ1v) is 5.29. The summed E-state index contributed by atoms with van der Waals surface area (Å²) in [6.45, 7) is 3.72. The molecule has 0 spiro atoms. The van der Waals surface area contributed by atoms with Crippen LogP contribution in [0.25, 0.3) is 0 Å². The van der Waals surface area contributed by atoms with Gasteiger partial charge in [0.05, 0.1) is 6.61 Å². The zero-order valence-electron chi connectivity index (χ0n) is 8.01. The van der Waals surface area contributed by atoms with Crippen LogP contribution < -0.4 is 0 Å². The standard InChI is InChI=1S/C9H15BrO3/c1-3-13-9(12)8(10)6-4-5-7(2)11/h8H,3-6H2,1-2H3. The summed E-state index contributed by atoms with van der Waals surface area (Å²) in [6, 6.07) is 0. The lowest BCUT2D eigenvalue weighted by Gasteiger charge is -2.07. The van der Waals surface area contributed by atoms with Crippen LogP contribution in [0.1, 0.15) is 33.1 Å². The maximum Gasteiger partial charge on any atom is 0.319 e. The first kappa shape index (κ1) is 12.6. The minimum atomic E-state index is -0.271. The summed E-state index contributed by atoms with van der Waals surface area (Å²) < 4.78 is 4.79. The van der Waals surface area contributed by atoms with Gasteiger partial charge in [0, 0.05) is 6.42 Å². The van der Waals surface area contributed by atoms with Gasteiger partial charge in [0.2, 0.25) is 0 Å². The normalized spacial score (nSPS) is 12.2. The summed E-state index contributed by atoms with van der Waals surface area (Å²) in [7, 11) is 0. The van der Waals surface area contributed by atoms with Crippen LogP contribution in [0.5, 0.6) is 0 Å². The van der Waals surface area contributed by atoms with E-state index in [0.717, 1.165) is 6.42 Å². The minimum absolute atomic E-state index is 0.156. The molecule has 0 aromatic rings. The maximum absolute atomic E-state index is 11.1. The Balaban J connectivity index is 3.55. The molecule has 0 amide bonds. The smallest absolute Gasteiger partial charge is 0.319 e. The SMILES string of the molecule is CCOC(=O)C(Br)CCCC(C)=O. The number of ketones is 1. The van der Waals surface area contributed by atoms with Gasteiger partial charge in [-0.25, -0.2) is 0 Å². The Morgan fingerprint density at radius 1 is 1.46 bits per heavy atom. The molecule has 0 rings (SSSR count). The van der Waals surface area contributed by atoms with Gasteiger partial charge in [-0.3, -0.25) is 4.79 Å². The van der Waals surface area contributed by atoms with Crippen molar-refractivity contribution >= 4 is 27.7 Å². The van der Waals surface area contributed by atoms with Gasteiger partial charge in [-0.05, 0) is 26.7 Å². The monoisotopic (exact) mass is 250 g/mol.